The van der Waals surface area contributed by atoms with Crippen molar-refractivity contribution in [2.24, 2.45) is 10.1 Å². The summed E-state index contributed by atoms with van der Waals surface area (Å²) in [6, 6.07) is 5.51. The highest BCUT2D eigenvalue weighted by molar-refractivity contribution is 6.04. The number of methoxy groups -OCH3 is 1. The molecule has 3 rings (SSSR count). The maximum Gasteiger partial charge on any atom is 0.325 e. The smallest absolute Gasteiger partial charge is 0.325 e. The van der Waals surface area contributed by atoms with E-state index in [4.69, 9.17) is 4.74 Å². The molecule has 0 radical (unpaired) electrons. The second-order valence-electron chi connectivity index (χ2n) is 6.26. The van der Waals surface area contributed by atoms with Gasteiger partial charge in [-0.25, -0.2) is 15.2 Å². The van der Waals surface area contributed by atoms with Gasteiger partial charge in [0.15, 0.2) is 12.2 Å². The first-order valence-corrected chi connectivity index (χ1v) is 8.43. The topological polar surface area (TPSA) is 119 Å². The maximum atomic E-state index is 12.3. The third-order valence-corrected chi connectivity index (χ3v) is 4.51. The number of nitrogens with one attached hydrogen (secondary N) is 2. The van der Waals surface area contributed by atoms with Crippen molar-refractivity contribution in [3.8, 4) is 5.75 Å². The number of phenols is 1. The van der Waals surface area contributed by atoms with Crippen molar-refractivity contribution in [2.75, 3.05) is 27.3 Å². The van der Waals surface area contributed by atoms with Gasteiger partial charge in [-0.05, 0) is 36.8 Å². The van der Waals surface area contributed by atoms with Crippen molar-refractivity contribution in [3.05, 3.63) is 29.8 Å². The summed E-state index contributed by atoms with van der Waals surface area (Å²) in [5, 5.41) is 16.0. The molecule has 0 bridgehead atoms. The number of hydrogen-bond donors (Lipinski definition) is 3. The number of benzene rings is 1. The van der Waals surface area contributed by atoms with Crippen LogP contribution in [0.1, 0.15) is 12.5 Å². The molecule has 1 aromatic carbocycles. The number of fused-ring (bicyclic) bond motifs is 1. The lowest BCUT2D eigenvalue weighted by Crippen LogP contribution is -2.64. The zero-order chi connectivity index (χ0) is 19.6. The quantitative estimate of drug-likeness (QED) is 0.489. The van der Waals surface area contributed by atoms with Gasteiger partial charge in [-0.2, -0.15) is 5.10 Å². The Balaban J connectivity index is 1.82. The molecular weight excluding hydrogens is 352 g/mol. The van der Waals surface area contributed by atoms with Gasteiger partial charge in [0, 0.05) is 20.7 Å². The first-order chi connectivity index (χ1) is 12.9. The molecule has 0 spiro atoms. The molecule has 2 aliphatic heterocycles. The first-order valence-electron chi connectivity index (χ1n) is 8.43. The highest BCUT2D eigenvalue weighted by atomic mass is 16.5. The molecule has 27 heavy (non-hydrogen) atoms. The second kappa shape index (κ2) is 7.62. The number of imide groups is 1. The van der Waals surface area contributed by atoms with Crippen LogP contribution in [0.15, 0.2) is 34.4 Å². The Kier molecular flexibility index (Phi) is 5.26. The summed E-state index contributed by atoms with van der Waals surface area (Å²) in [5.41, 5.74) is 4.39. The summed E-state index contributed by atoms with van der Waals surface area (Å²) in [6.45, 7) is 2.60. The molecule has 144 valence electrons. The largest absolute Gasteiger partial charge is 0.508 e. The lowest BCUT2D eigenvalue weighted by atomic mass is 10.1. The second-order valence-corrected chi connectivity index (χ2v) is 6.26. The molecule has 1 fully saturated rings. The number of guanidine groups is 1. The van der Waals surface area contributed by atoms with E-state index >= 15 is 0 Å². The number of amides is 3. The van der Waals surface area contributed by atoms with Crippen LogP contribution in [-0.4, -0.2) is 78.0 Å². The number of hydrogen-bond acceptors (Lipinski definition) is 8. The van der Waals surface area contributed by atoms with E-state index in [1.54, 1.807) is 43.3 Å². The molecule has 0 aliphatic carbocycles. The third kappa shape index (κ3) is 3.70. The highest BCUT2D eigenvalue weighted by Crippen LogP contribution is 2.23. The van der Waals surface area contributed by atoms with Gasteiger partial charge in [-0.1, -0.05) is 0 Å². The van der Waals surface area contributed by atoms with Gasteiger partial charge >= 0.3 is 6.03 Å². The summed E-state index contributed by atoms with van der Waals surface area (Å²) < 4.78 is 5.12. The van der Waals surface area contributed by atoms with Gasteiger partial charge in [0.2, 0.25) is 5.96 Å². The van der Waals surface area contributed by atoms with E-state index in [0.29, 0.717) is 24.8 Å². The molecule has 0 aromatic heterocycles. The molecular formula is C17H22N6O4. The molecule has 3 amide bonds. The standard InChI is InChI=1S/C17H22N6O4/c1-10(11-4-6-12(24)7-5-11)20-21-16-18-14-13(23(16)8-9-27-3)15(25)19-17(26)22(14)2/h4-7,13-14,24H,8-9H2,1-3H3,(H,18,21)(H,19,25,26)/b20-10+. The van der Waals surface area contributed by atoms with Crippen LogP contribution < -0.4 is 10.7 Å². The van der Waals surface area contributed by atoms with Gasteiger partial charge in [-0.15, -0.1) is 0 Å². The van der Waals surface area contributed by atoms with E-state index in [1.165, 1.54) is 4.90 Å². The fraction of sp³-hybridized carbons (Fsp3) is 0.412. The summed E-state index contributed by atoms with van der Waals surface area (Å²) in [6.07, 6.45) is -0.630. The van der Waals surface area contributed by atoms with E-state index in [2.05, 4.69) is 20.8 Å². The van der Waals surface area contributed by atoms with E-state index in [1.807, 2.05) is 6.92 Å². The monoisotopic (exact) mass is 374 g/mol. The van der Waals surface area contributed by atoms with E-state index in [-0.39, 0.29) is 5.75 Å². The van der Waals surface area contributed by atoms with Crippen LogP contribution in [0, 0.1) is 0 Å². The average molecular weight is 374 g/mol. The van der Waals surface area contributed by atoms with Crippen molar-refractivity contribution >= 4 is 23.6 Å². The molecule has 1 aromatic rings. The molecule has 2 unspecified atom stereocenters. The fourth-order valence-corrected chi connectivity index (χ4v) is 2.95. The highest BCUT2D eigenvalue weighted by Gasteiger charge is 2.48. The lowest BCUT2D eigenvalue weighted by molar-refractivity contribution is -0.127. The average Bonchev–Trinajstić information content (AvgIpc) is 3.02. The molecule has 0 saturated carbocycles. The minimum atomic E-state index is -0.644. The SMILES string of the molecule is COCCN1C(N/N=C(\C)c2ccc(O)cc2)=NC2C1C(=O)NC(=O)N2C. The molecule has 10 heteroatoms. The number of phenolic OH excluding ortho intramolecular Hbond substituents is 1. The normalized spacial score (nSPS) is 22.5. The maximum absolute atomic E-state index is 12.3. The number of carbonyl (C=O) groups excluding carboxylic acids is 2. The van der Waals surface area contributed by atoms with Crippen molar-refractivity contribution < 1.29 is 19.4 Å². The number of rotatable bonds is 5. The van der Waals surface area contributed by atoms with Crippen LogP contribution in [0.25, 0.3) is 0 Å². The predicted octanol–water partition coefficient (Wildman–Crippen LogP) is -0.0999. The van der Waals surface area contributed by atoms with Gasteiger partial charge in [0.25, 0.3) is 5.91 Å². The van der Waals surface area contributed by atoms with Crippen molar-refractivity contribution in [3.63, 3.8) is 0 Å². The Bertz CT molecular complexity index is 791. The van der Waals surface area contributed by atoms with E-state index < -0.39 is 24.1 Å². The van der Waals surface area contributed by atoms with E-state index in [9.17, 15) is 14.7 Å². The van der Waals surface area contributed by atoms with Crippen LogP contribution >= 0.6 is 0 Å². The number of nitrogens with zero attached hydrogens (tertiary/aromatic N) is 4. The van der Waals surface area contributed by atoms with Crippen molar-refractivity contribution in [1.82, 2.24) is 20.5 Å². The minimum Gasteiger partial charge on any atom is -0.508 e. The van der Waals surface area contributed by atoms with Crippen molar-refractivity contribution in [1.29, 1.82) is 0 Å². The first kappa shape index (κ1) is 18.6. The predicted molar refractivity (Wildman–Crippen MR) is 98.3 cm³/mol. The van der Waals surface area contributed by atoms with Crippen molar-refractivity contribution in [2.45, 2.75) is 19.1 Å². The van der Waals surface area contributed by atoms with Gasteiger partial charge in [0.05, 0.1) is 12.3 Å². The zero-order valence-corrected chi connectivity index (χ0v) is 15.3. The minimum absolute atomic E-state index is 0.174. The number of carbonyl (C=O) groups is 2. The number of aliphatic imine (C=N–C) groups is 1. The number of hydrazone groups is 1. The third-order valence-electron chi connectivity index (χ3n) is 4.51. The van der Waals surface area contributed by atoms with Crippen LogP contribution in [0.2, 0.25) is 0 Å². The molecule has 2 aliphatic rings. The zero-order valence-electron chi connectivity index (χ0n) is 15.3. The number of aromatic hydroxyl groups is 1. The number of ether oxygens (including phenoxy) is 1. The fourth-order valence-electron chi connectivity index (χ4n) is 2.95. The molecule has 3 N–H and O–H groups in total. The Hall–Kier alpha value is -3.14. The molecule has 2 atom stereocenters. The van der Waals surface area contributed by atoms with Crippen LogP contribution in [-0.2, 0) is 9.53 Å². The Morgan fingerprint density at radius 2 is 2.07 bits per heavy atom. The molecule has 1 saturated heterocycles. The van der Waals surface area contributed by atoms with Gasteiger partial charge in [-0.3, -0.25) is 10.1 Å². The summed E-state index contributed by atoms with van der Waals surface area (Å²) in [7, 11) is 3.16. The van der Waals surface area contributed by atoms with Crippen LogP contribution in [0.3, 0.4) is 0 Å². The summed E-state index contributed by atoms with van der Waals surface area (Å²) in [4.78, 5) is 31.8. The summed E-state index contributed by atoms with van der Waals surface area (Å²) in [5.74, 6) is 0.157. The Morgan fingerprint density at radius 3 is 2.74 bits per heavy atom. The van der Waals surface area contributed by atoms with Crippen LogP contribution in [0.4, 0.5) is 4.79 Å². The number of likely N-dealkylation sites (N-methyl/N-ethyl adjacent to an activating group) is 1. The Morgan fingerprint density at radius 1 is 1.37 bits per heavy atom. The lowest BCUT2D eigenvalue weighted by Gasteiger charge is -2.35. The summed E-state index contributed by atoms with van der Waals surface area (Å²) >= 11 is 0. The molecule has 2 heterocycles. The van der Waals surface area contributed by atoms with Crippen LogP contribution in [0.5, 0.6) is 5.75 Å². The van der Waals surface area contributed by atoms with Gasteiger partial charge in [0.1, 0.15) is 5.75 Å². The van der Waals surface area contributed by atoms with E-state index in [0.717, 1.165) is 5.56 Å². The Labute approximate surface area is 156 Å². The van der Waals surface area contributed by atoms with Gasteiger partial charge < -0.3 is 19.6 Å². The molecule has 10 nitrogen and oxygen atoms in total. The number of urea groups is 1.